The number of ether oxygens (including phenoxy) is 3. The number of methoxy groups -OCH3 is 3. The van der Waals surface area contributed by atoms with Gasteiger partial charge < -0.3 is 19.9 Å². The molecule has 4 rings (SSSR count). The summed E-state index contributed by atoms with van der Waals surface area (Å²) in [5.41, 5.74) is 9.87. The fraction of sp³-hybridized carbons (Fsp3) is 0.136. The van der Waals surface area contributed by atoms with Gasteiger partial charge in [0.05, 0.1) is 32.4 Å². The Hall–Kier alpha value is -3.58. The average Bonchev–Trinajstić information content (AvgIpc) is 2.78. The van der Waals surface area contributed by atoms with Gasteiger partial charge in [-0.2, -0.15) is 0 Å². The lowest BCUT2D eigenvalue weighted by molar-refractivity contribution is 0.324. The zero-order chi connectivity index (χ0) is 21.3. The Morgan fingerprint density at radius 3 is 2.10 bits per heavy atom. The zero-order valence-electron chi connectivity index (χ0n) is 16.6. The van der Waals surface area contributed by atoms with E-state index in [1.807, 2.05) is 42.5 Å². The molecule has 2 aromatic carbocycles. The van der Waals surface area contributed by atoms with Crippen molar-refractivity contribution in [2.45, 2.75) is 0 Å². The number of halogens is 1. The van der Waals surface area contributed by atoms with E-state index in [0.29, 0.717) is 44.8 Å². The minimum absolute atomic E-state index is 0.355. The normalized spacial score (nSPS) is 10.8. The van der Waals surface area contributed by atoms with Crippen LogP contribution in [0.5, 0.6) is 17.2 Å². The van der Waals surface area contributed by atoms with E-state index in [2.05, 4.69) is 9.97 Å². The Morgan fingerprint density at radius 2 is 1.50 bits per heavy atom. The molecule has 0 aliphatic carbocycles. The zero-order valence-corrected chi connectivity index (χ0v) is 17.4. The lowest BCUT2D eigenvalue weighted by Gasteiger charge is -2.15. The van der Waals surface area contributed by atoms with E-state index >= 15 is 0 Å². The van der Waals surface area contributed by atoms with Crippen molar-refractivity contribution in [3.8, 4) is 39.6 Å². The number of fused-ring (bicyclic) bond motifs is 1. The molecule has 0 saturated heterocycles. The van der Waals surface area contributed by atoms with Crippen molar-refractivity contribution in [2.24, 2.45) is 0 Å². The summed E-state index contributed by atoms with van der Waals surface area (Å²) in [6.07, 6.45) is 1.40. The van der Waals surface area contributed by atoms with Crippen LogP contribution < -0.4 is 19.9 Å². The second kappa shape index (κ2) is 8.04. The Labute approximate surface area is 178 Å². The Morgan fingerprint density at radius 1 is 0.833 bits per heavy atom. The summed E-state index contributed by atoms with van der Waals surface area (Å²) < 4.78 is 16.4. The van der Waals surface area contributed by atoms with Gasteiger partial charge in [-0.3, -0.25) is 0 Å². The van der Waals surface area contributed by atoms with Crippen molar-refractivity contribution in [3.63, 3.8) is 0 Å². The van der Waals surface area contributed by atoms with Crippen molar-refractivity contribution >= 4 is 28.5 Å². The number of hydrogen-bond donors (Lipinski definition) is 1. The van der Waals surface area contributed by atoms with Crippen molar-refractivity contribution in [2.75, 3.05) is 27.1 Å². The van der Waals surface area contributed by atoms with Gasteiger partial charge in [-0.25, -0.2) is 15.0 Å². The fourth-order valence-electron chi connectivity index (χ4n) is 3.32. The highest BCUT2D eigenvalue weighted by Crippen LogP contribution is 2.42. The maximum absolute atomic E-state index is 6.17. The van der Waals surface area contributed by atoms with Gasteiger partial charge in [-0.1, -0.05) is 23.7 Å². The van der Waals surface area contributed by atoms with Crippen LogP contribution in [-0.2, 0) is 0 Å². The Bertz CT molecular complexity index is 1200. The first-order valence-corrected chi connectivity index (χ1v) is 9.41. The van der Waals surface area contributed by atoms with Gasteiger partial charge in [0, 0.05) is 10.6 Å². The molecule has 7 nitrogen and oxygen atoms in total. The smallest absolute Gasteiger partial charge is 0.203 e. The van der Waals surface area contributed by atoms with E-state index in [1.165, 1.54) is 6.33 Å². The highest BCUT2D eigenvalue weighted by Gasteiger charge is 2.18. The number of benzene rings is 2. The molecule has 2 N–H and O–H groups in total. The van der Waals surface area contributed by atoms with Gasteiger partial charge in [-0.15, -0.1) is 0 Å². The first kappa shape index (κ1) is 19.7. The summed E-state index contributed by atoms with van der Waals surface area (Å²) in [6.45, 7) is 0. The number of nitrogens with two attached hydrogens (primary N) is 1. The third kappa shape index (κ3) is 3.44. The maximum atomic E-state index is 6.17. The quantitative estimate of drug-likeness (QED) is 0.501. The molecule has 0 bridgehead atoms. The largest absolute Gasteiger partial charge is 0.493 e. The van der Waals surface area contributed by atoms with Crippen LogP contribution in [0.4, 0.5) is 5.82 Å². The number of hydrogen-bond acceptors (Lipinski definition) is 7. The number of anilines is 1. The van der Waals surface area contributed by atoms with Gasteiger partial charge in [0.1, 0.15) is 12.1 Å². The second-order valence-electron chi connectivity index (χ2n) is 6.43. The summed E-state index contributed by atoms with van der Waals surface area (Å²) in [7, 11) is 4.70. The van der Waals surface area contributed by atoms with Crippen LogP contribution in [0, 0.1) is 0 Å². The molecule has 8 heteroatoms. The number of nitrogens with zero attached hydrogens (tertiary/aromatic N) is 3. The van der Waals surface area contributed by atoms with Crippen molar-refractivity contribution in [1.29, 1.82) is 0 Å². The molecule has 2 heterocycles. The molecule has 152 valence electrons. The molecule has 0 aliphatic heterocycles. The third-order valence-corrected chi connectivity index (χ3v) is 5.00. The standard InChI is InChI=1S/C22H19ClN4O3/c1-28-17-8-13(9-18(29-2)20(17)30-3)16-10-15(12-4-6-14(23)7-5-12)19-21(24)25-11-26-22(19)27-16/h4-11H,1-3H3,(H2,24,25,26,27). The number of nitrogen functional groups attached to an aromatic ring is 1. The summed E-state index contributed by atoms with van der Waals surface area (Å²) >= 11 is 6.07. The van der Waals surface area contributed by atoms with Gasteiger partial charge in [0.15, 0.2) is 17.1 Å². The molecular weight excluding hydrogens is 404 g/mol. The second-order valence-corrected chi connectivity index (χ2v) is 6.87. The molecule has 4 aromatic rings. The van der Waals surface area contributed by atoms with Gasteiger partial charge >= 0.3 is 0 Å². The first-order valence-electron chi connectivity index (χ1n) is 9.03. The van der Waals surface area contributed by atoms with Crippen LogP contribution in [0.3, 0.4) is 0 Å². The van der Waals surface area contributed by atoms with E-state index in [-0.39, 0.29) is 0 Å². The van der Waals surface area contributed by atoms with E-state index in [9.17, 15) is 0 Å². The number of pyridine rings is 1. The minimum Gasteiger partial charge on any atom is -0.493 e. The SMILES string of the molecule is COc1cc(-c2cc(-c3ccc(Cl)cc3)c3c(N)ncnc3n2)cc(OC)c1OC. The fourth-order valence-corrected chi connectivity index (χ4v) is 3.45. The molecule has 0 saturated carbocycles. The van der Waals surface area contributed by atoms with E-state index in [1.54, 1.807) is 21.3 Å². The Kier molecular flexibility index (Phi) is 5.29. The van der Waals surface area contributed by atoms with Crippen LogP contribution in [0.25, 0.3) is 33.4 Å². The lowest BCUT2D eigenvalue weighted by Crippen LogP contribution is -2.00. The molecule has 0 radical (unpaired) electrons. The van der Waals surface area contributed by atoms with Gasteiger partial charge in [0.2, 0.25) is 5.75 Å². The van der Waals surface area contributed by atoms with E-state index in [4.69, 9.17) is 36.5 Å². The van der Waals surface area contributed by atoms with E-state index in [0.717, 1.165) is 16.7 Å². The van der Waals surface area contributed by atoms with Crippen LogP contribution in [0.1, 0.15) is 0 Å². The molecular formula is C22H19ClN4O3. The third-order valence-electron chi connectivity index (χ3n) is 4.75. The van der Waals surface area contributed by atoms with Crippen molar-refractivity contribution < 1.29 is 14.2 Å². The summed E-state index contributed by atoms with van der Waals surface area (Å²) in [6, 6.07) is 13.1. The monoisotopic (exact) mass is 422 g/mol. The topological polar surface area (TPSA) is 92.4 Å². The molecule has 0 amide bonds. The Balaban J connectivity index is 2.01. The van der Waals surface area contributed by atoms with Crippen LogP contribution in [0.15, 0.2) is 48.8 Å². The summed E-state index contributed by atoms with van der Waals surface area (Å²) in [5.74, 6) is 1.93. The summed E-state index contributed by atoms with van der Waals surface area (Å²) in [5, 5.41) is 1.32. The highest BCUT2D eigenvalue weighted by molar-refractivity contribution is 6.30. The van der Waals surface area contributed by atoms with E-state index < -0.39 is 0 Å². The van der Waals surface area contributed by atoms with Crippen molar-refractivity contribution in [3.05, 3.63) is 53.8 Å². The predicted molar refractivity (Wildman–Crippen MR) is 117 cm³/mol. The van der Waals surface area contributed by atoms with Crippen LogP contribution >= 0.6 is 11.6 Å². The first-order chi connectivity index (χ1) is 14.5. The number of aromatic nitrogens is 3. The highest BCUT2D eigenvalue weighted by atomic mass is 35.5. The molecule has 2 aromatic heterocycles. The summed E-state index contributed by atoms with van der Waals surface area (Å²) in [4.78, 5) is 13.2. The number of rotatable bonds is 5. The molecule has 0 spiro atoms. The molecule has 0 aliphatic rings. The minimum atomic E-state index is 0.355. The average molecular weight is 423 g/mol. The lowest BCUT2D eigenvalue weighted by atomic mass is 9.99. The van der Waals surface area contributed by atoms with Gasteiger partial charge in [0.25, 0.3) is 0 Å². The van der Waals surface area contributed by atoms with Crippen LogP contribution in [0.2, 0.25) is 5.02 Å². The van der Waals surface area contributed by atoms with Crippen molar-refractivity contribution in [1.82, 2.24) is 15.0 Å². The van der Waals surface area contributed by atoms with Gasteiger partial charge in [-0.05, 0) is 41.5 Å². The predicted octanol–water partition coefficient (Wildman–Crippen LogP) is 4.62. The molecule has 30 heavy (non-hydrogen) atoms. The molecule has 0 atom stereocenters. The molecule has 0 fully saturated rings. The molecule has 0 unspecified atom stereocenters. The van der Waals surface area contributed by atoms with Crippen LogP contribution in [-0.4, -0.2) is 36.3 Å². The maximum Gasteiger partial charge on any atom is 0.203 e.